The molecule has 1 atom stereocenters. The van der Waals surface area contributed by atoms with Gasteiger partial charge in [-0.05, 0) is 18.9 Å². The molecule has 7 heteroatoms. The van der Waals surface area contributed by atoms with Gasteiger partial charge in [0.25, 0.3) is 0 Å². The van der Waals surface area contributed by atoms with Crippen molar-refractivity contribution in [1.29, 1.82) is 0 Å². The van der Waals surface area contributed by atoms with Crippen LogP contribution in [0.25, 0.3) is 0 Å². The van der Waals surface area contributed by atoms with Crippen LogP contribution in [0.2, 0.25) is 0 Å². The summed E-state index contributed by atoms with van der Waals surface area (Å²) < 4.78 is 48.5. The van der Waals surface area contributed by atoms with E-state index in [1.165, 1.54) is 24.3 Å². The topological polar surface area (TPSA) is 43.1 Å². The second kappa shape index (κ2) is 5.42. The molecular weight excluding hydrogens is 274 g/mol. The molecule has 0 heterocycles. The summed E-state index contributed by atoms with van der Waals surface area (Å²) in [5, 5.41) is 0.547. The summed E-state index contributed by atoms with van der Waals surface area (Å²) >= 11 is 0. The second-order valence-electron chi connectivity index (χ2n) is 3.96. The third kappa shape index (κ3) is 4.34. The van der Waals surface area contributed by atoms with Gasteiger partial charge in [-0.1, -0.05) is 24.3 Å². The van der Waals surface area contributed by atoms with E-state index in [0.29, 0.717) is 5.30 Å². The standard InChI is InChI=1S/C10H13F3NOP.ClH/c1-16(2,15)8-5-3-7(4-6-8)9(14)10(11,12)13;/h3-6,9H,14H2,1-2H3;1H. The average molecular weight is 288 g/mol. The average Bonchev–Trinajstić information content (AvgIpc) is 2.14. The molecule has 1 rings (SSSR count). The molecule has 98 valence electrons. The van der Waals surface area contributed by atoms with Gasteiger partial charge in [-0.25, -0.2) is 0 Å². The van der Waals surface area contributed by atoms with Crippen LogP contribution in [-0.2, 0) is 4.57 Å². The van der Waals surface area contributed by atoms with E-state index in [1.807, 2.05) is 0 Å². The van der Waals surface area contributed by atoms with Crippen LogP contribution in [0.15, 0.2) is 24.3 Å². The van der Waals surface area contributed by atoms with Crippen LogP contribution in [0.1, 0.15) is 11.6 Å². The van der Waals surface area contributed by atoms with E-state index in [-0.39, 0.29) is 18.0 Å². The molecule has 0 aliphatic heterocycles. The number of alkyl halides is 3. The number of halogens is 4. The highest BCUT2D eigenvalue weighted by atomic mass is 35.5. The van der Waals surface area contributed by atoms with E-state index in [2.05, 4.69) is 0 Å². The predicted molar refractivity (Wildman–Crippen MR) is 65.8 cm³/mol. The molecule has 0 aromatic heterocycles. The first kappa shape index (κ1) is 16.5. The molecule has 0 radical (unpaired) electrons. The number of hydrogen-bond acceptors (Lipinski definition) is 2. The van der Waals surface area contributed by atoms with Crippen molar-refractivity contribution in [2.45, 2.75) is 12.2 Å². The fourth-order valence-electron chi connectivity index (χ4n) is 1.23. The van der Waals surface area contributed by atoms with Gasteiger partial charge in [0, 0.05) is 5.30 Å². The normalized spacial score (nSPS) is 14.0. The number of benzene rings is 1. The molecule has 0 spiro atoms. The van der Waals surface area contributed by atoms with Crippen molar-refractivity contribution in [3.05, 3.63) is 29.8 Å². The smallest absolute Gasteiger partial charge is 0.319 e. The van der Waals surface area contributed by atoms with Gasteiger partial charge < -0.3 is 10.3 Å². The largest absolute Gasteiger partial charge is 0.407 e. The molecule has 1 aromatic rings. The maximum Gasteiger partial charge on any atom is 0.407 e. The molecule has 0 amide bonds. The molecule has 1 unspecified atom stereocenters. The minimum Gasteiger partial charge on any atom is -0.319 e. The molecule has 0 aliphatic rings. The zero-order valence-electron chi connectivity index (χ0n) is 9.36. The fraction of sp³-hybridized carbons (Fsp3) is 0.400. The molecule has 2 N–H and O–H groups in total. The molecule has 0 bridgehead atoms. The Labute approximate surface area is 104 Å². The Bertz CT molecular complexity index is 413. The van der Waals surface area contributed by atoms with Gasteiger partial charge in [-0.15, -0.1) is 12.4 Å². The van der Waals surface area contributed by atoms with Gasteiger partial charge >= 0.3 is 6.18 Å². The van der Waals surface area contributed by atoms with Crippen molar-refractivity contribution < 1.29 is 17.7 Å². The van der Waals surface area contributed by atoms with E-state index >= 15 is 0 Å². The monoisotopic (exact) mass is 287 g/mol. The summed E-state index contributed by atoms with van der Waals surface area (Å²) in [7, 11) is -2.43. The summed E-state index contributed by atoms with van der Waals surface area (Å²) in [4.78, 5) is 0. The summed E-state index contributed by atoms with van der Waals surface area (Å²) in [5.41, 5.74) is 5.01. The van der Waals surface area contributed by atoms with E-state index in [1.54, 1.807) is 13.3 Å². The first-order valence-electron chi connectivity index (χ1n) is 4.60. The second-order valence-corrected chi connectivity index (χ2v) is 7.18. The Balaban J connectivity index is 0.00000256. The SMILES string of the molecule is CP(C)(=O)c1ccc(C(N)C(F)(F)F)cc1.Cl. The Hall–Kier alpha value is -0.510. The first-order valence-corrected chi connectivity index (χ1v) is 7.20. The van der Waals surface area contributed by atoms with Crippen LogP contribution >= 0.6 is 19.5 Å². The molecular formula is C10H14ClF3NOP. The Morgan fingerprint density at radius 2 is 1.59 bits per heavy atom. The molecule has 0 saturated carbocycles. The Morgan fingerprint density at radius 3 is 1.88 bits per heavy atom. The number of hydrogen-bond donors (Lipinski definition) is 1. The van der Waals surface area contributed by atoms with E-state index in [0.717, 1.165) is 0 Å². The highest BCUT2D eigenvalue weighted by molar-refractivity contribution is 7.70. The number of rotatable bonds is 2. The lowest BCUT2D eigenvalue weighted by atomic mass is 10.1. The number of nitrogens with two attached hydrogens (primary N) is 1. The fourth-order valence-corrected chi connectivity index (χ4v) is 2.10. The van der Waals surface area contributed by atoms with Gasteiger partial charge in [0.05, 0.1) is 0 Å². The Kier molecular flexibility index (Phi) is 5.26. The zero-order valence-corrected chi connectivity index (χ0v) is 11.1. The van der Waals surface area contributed by atoms with Gasteiger partial charge in [-0.2, -0.15) is 13.2 Å². The highest BCUT2D eigenvalue weighted by Gasteiger charge is 2.37. The first-order chi connectivity index (χ1) is 7.12. The lowest BCUT2D eigenvalue weighted by molar-refractivity contribution is -0.149. The van der Waals surface area contributed by atoms with Crippen LogP contribution in [-0.4, -0.2) is 19.5 Å². The lowest BCUT2D eigenvalue weighted by Gasteiger charge is -2.16. The van der Waals surface area contributed by atoms with Crippen LogP contribution in [0, 0.1) is 0 Å². The zero-order chi connectivity index (χ0) is 12.6. The summed E-state index contributed by atoms with van der Waals surface area (Å²) in [6, 6.07) is 3.42. The Morgan fingerprint density at radius 1 is 1.18 bits per heavy atom. The van der Waals surface area contributed by atoms with Gasteiger partial charge in [0.1, 0.15) is 13.2 Å². The van der Waals surface area contributed by atoms with Crippen LogP contribution < -0.4 is 11.0 Å². The molecule has 1 aromatic carbocycles. The van der Waals surface area contributed by atoms with Crippen molar-refractivity contribution in [1.82, 2.24) is 0 Å². The molecule has 2 nitrogen and oxygen atoms in total. The highest BCUT2D eigenvalue weighted by Crippen LogP contribution is 2.35. The molecule has 0 aliphatic carbocycles. The van der Waals surface area contributed by atoms with Gasteiger partial charge in [0.15, 0.2) is 0 Å². The van der Waals surface area contributed by atoms with E-state index in [4.69, 9.17) is 5.73 Å². The summed E-state index contributed by atoms with van der Waals surface area (Å²) in [6.45, 7) is 3.12. The maximum absolute atomic E-state index is 12.3. The van der Waals surface area contributed by atoms with Crippen molar-refractivity contribution in [3.8, 4) is 0 Å². The quantitative estimate of drug-likeness (QED) is 0.850. The minimum atomic E-state index is -4.45. The van der Waals surface area contributed by atoms with Crippen LogP contribution in [0.4, 0.5) is 13.2 Å². The van der Waals surface area contributed by atoms with Crippen molar-refractivity contribution in [2.75, 3.05) is 13.3 Å². The molecule has 0 fully saturated rings. The van der Waals surface area contributed by atoms with E-state index in [9.17, 15) is 17.7 Å². The lowest BCUT2D eigenvalue weighted by Crippen LogP contribution is -2.28. The third-order valence-corrected chi connectivity index (χ3v) is 3.77. The minimum absolute atomic E-state index is 0. The van der Waals surface area contributed by atoms with Crippen molar-refractivity contribution in [2.24, 2.45) is 5.73 Å². The summed E-state index contributed by atoms with van der Waals surface area (Å²) in [6.07, 6.45) is -4.45. The summed E-state index contributed by atoms with van der Waals surface area (Å²) in [5.74, 6) is 0. The van der Waals surface area contributed by atoms with Gasteiger partial charge in [0.2, 0.25) is 0 Å². The van der Waals surface area contributed by atoms with Crippen LogP contribution in [0.5, 0.6) is 0 Å². The third-order valence-electron chi connectivity index (χ3n) is 2.23. The maximum atomic E-state index is 12.3. The van der Waals surface area contributed by atoms with Crippen LogP contribution in [0.3, 0.4) is 0 Å². The van der Waals surface area contributed by atoms with Crippen molar-refractivity contribution in [3.63, 3.8) is 0 Å². The molecule has 0 saturated heterocycles. The van der Waals surface area contributed by atoms with Gasteiger partial charge in [-0.3, -0.25) is 0 Å². The predicted octanol–water partition coefficient (Wildman–Crippen LogP) is 2.92. The van der Waals surface area contributed by atoms with E-state index < -0.39 is 19.4 Å². The van der Waals surface area contributed by atoms with Crippen molar-refractivity contribution >= 4 is 24.9 Å². The molecule has 17 heavy (non-hydrogen) atoms.